The lowest BCUT2D eigenvalue weighted by atomic mass is 9.63. The SMILES string of the molecule is O=C1CC(C(=O)O)(c2cc(F)cc(Br)c2)C1. The van der Waals surface area contributed by atoms with E-state index in [9.17, 15) is 14.0 Å². The molecule has 1 saturated carbocycles. The van der Waals surface area contributed by atoms with E-state index in [0.29, 0.717) is 10.0 Å². The van der Waals surface area contributed by atoms with Crippen LogP contribution in [-0.2, 0) is 15.0 Å². The van der Waals surface area contributed by atoms with E-state index in [0.717, 1.165) is 0 Å². The lowest BCUT2D eigenvalue weighted by molar-refractivity contribution is -0.153. The van der Waals surface area contributed by atoms with Gasteiger partial charge < -0.3 is 5.11 Å². The summed E-state index contributed by atoms with van der Waals surface area (Å²) in [5.41, 5.74) is -0.895. The second-order valence-corrected chi connectivity index (χ2v) is 4.85. The summed E-state index contributed by atoms with van der Waals surface area (Å²) in [6.45, 7) is 0. The number of Topliss-reactive ketones (excluding diaryl/α,β-unsaturated/α-hetero) is 1. The molecule has 0 amide bonds. The minimum atomic E-state index is -1.23. The maximum atomic E-state index is 13.2. The predicted molar refractivity (Wildman–Crippen MR) is 57.7 cm³/mol. The van der Waals surface area contributed by atoms with Crippen LogP contribution in [0.3, 0.4) is 0 Å². The number of benzene rings is 1. The number of hydrogen-bond donors (Lipinski definition) is 1. The zero-order chi connectivity index (χ0) is 11.9. The molecule has 0 heterocycles. The molecule has 0 saturated heterocycles. The van der Waals surface area contributed by atoms with Crippen molar-refractivity contribution in [3.8, 4) is 0 Å². The van der Waals surface area contributed by atoms with Crippen molar-refractivity contribution >= 4 is 27.7 Å². The summed E-state index contributed by atoms with van der Waals surface area (Å²) < 4.78 is 13.6. The van der Waals surface area contributed by atoms with E-state index in [-0.39, 0.29) is 18.6 Å². The fourth-order valence-electron chi connectivity index (χ4n) is 1.93. The molecule has 1 fully saturated rings. The largest absolute Gasteiger partial charge is 0.481 e. The summed E-state index contributed by atoms with van der Waals surface area (Å²) in [7, 11) is 0. The minimum absolute atomic E-state index is 0.0573. The number of rotatable bonds is 2. The van der Waals surface area contributed by atoms with Gasteiger partial charge in [0.25, 0.3) is 0 Å². The Kier molecular flexibility index (Phi) is 2.58. The van der Waals surface area contributed by atoms with Crippen molar-refractivity contribution in [1.82, 2.24) is 0 Å². The van der Waals surface area contributed by atoms with Crippen LogP contribution in [0.15, 0.2) is 22.7 Å². The number of carbonyl (C=O) groups excluding carboxylic acids is 1. The number of hydrogen-bond acceptors (Lipinski definition) is 2. The Hall–Kier alpha value is -1.23. The lowest BCUT2D eigenvalue weighted by Gasteiger charge is -2.36. The van der Waals surface area contributed by atoms with Gasteiger partial charge in [0.1, 0.15) is 17.0 Å². The topological polar surface area (TPSA) is 54.4 Å². The Morgan fingerprint density at radius 2 is 2.00 bits per heavy atom. The Balaban J connectivity index is 2.48. The second kappa shape index (κ2) is 3.66. The molecule has 0 radical (unpaired) electrons. The van der Waals surface area contributed by atoms with Gasteiger partial charge >= 0.3 is 5.97 Å². The first-order valence-corrected chi connectivity index (χ1v) is 5.45. The molecule has 3 nitrogen and oxygen atoms in total. The Labute approximate surface area is 99.4 Å². The van der Waals surface area contributed by atoms with Gasteiger partial charge in [0.2, 0.25) is 0 Å². The molecular weight excluding hydrogens is 279 g/mol. The highest BCUT2D eigenvalue weighted by atomic mass is 79.9. The number of halogens is 2. The van der Waals surface area contributed by atoms with Crippen LogP contribution in [0.2, 0.25) is 0 Å². The van der Waals surface area contributed by atoms with Crippen LogP contribution in [-0.4, -0.2) is 16.9 Å². The summed E-state index contributed by atoms with van der Waals surface area (Å²) in [5.74, 6) is -1.70. The molecule has 16 heavy (non-hydrogen) atoms. The summed E-state index contributed by atoms with van der Waals surface area (Å²) in [6.07, 6.45) is -0.115. The van der Waals surface area contributed by atoms with Crippen LogP contribution < -0.4 is 0 Å². The third-order valence-corrected chi connectivity index (χ3v) is 3.28. The Morgan fingerprint density at radius 3 is 2.44 bits per heavy atom. The molecule has 0 atom stereocenters. The van der Waals surface area contributed by atoms with Crippen molar-refractivity contribution in [2.45, 2.75) is 18.3 Å². The van der Waals surface area contributed by atoms with E-state index in [1.54, 1.807) is 6.07 Å². The number of carboxylic acids is 1. The first-order chi connectivity index (χ1) is 7.44. The van der Waals surface area contributed by atoms with Crippen LogP contribution in [0.4, 0.5) is 4.39 Å². The molecule has 0 unspecified atom stereocenters. The third-order valence-electron chi connectivity index (χ3n) is 2.82. The summed E-state index contributed by atoms with van der Waals surface area (Å²) in [5, 5.41) is 9.15. The van der Waals surface area contributed by atoms with Crippen LogP contribution in [0.1, 0.15) is 18.4 Å². The fraction of sp³-hybridized carbons (Fsp3) is 0.273. The molecule has 1 N–H and O–H groups in total. The van der Waals surface area contributed by atoms with E-state index < -0.39 is 17.2 Å². The number of aliphatic carboxylic acids is 1. The fourth-order valence-corrected chi connectivity index (χ4v) is 2.40. The molecule has 0 aromatic heterocycles. The maximum absolute atomic E-state index is 13.2. The standard InChI is InChI=1S/C11H8BrFO3/c12-7-1-6(2-8(13)3-7)11(10(15)16)4-9(14)5-11/h1-3H,4-5H2,(H,15,16). The van der Waals surface area contributed by atoms with E-state index in [1.165, 1.54) is 12.1 Å². The summed E-state index contributed by atoms with van der Waals surface area (Å²) in [4.78, 5) is 22.2. The van der Waals surface area contributed by atoms with Crippen molar-refractivity contribution in [2.24, 2.45) is 0 Å². The normalized spacial score (nSPS) is 18.0. The summed E-state index contributed by atoms with van der Waals surface area (Å²) in [6, 6.07) is 3.97. The number of ketones is 1. The Morgan fingerprint density at radius 1 is 1.38 bits per heavy atom. The van der Waals surface area contributed by atoms with Gasteiger partial charge in [0.15, 0.2) is 0 Å². The van der Waals surface area contributed by atoms with Gasteiger partial charge in [-0.3, -0.25) is 9.59 Å². The minimum Gasteiger partial charge on any atom is -0.481 e. The first-order valence-electron chi connectivity index (χ1n) is 4.66. The van der Waals surface area contributed by atoms with E-state index in [4.69, 9.17) is 5.11 Å². The molecule has 0 bridgehead atoms. The molecule has 0 spiro atoms. The zero-order valence-corrected chi connectivity index (χ0v) is 9.75. The molecule has 5 heteroatoms. The monoisotopic (exact) mass is 286 g/mol. The van der Waals surface area contributed by atoms with Gasteiger partial charge in [0, 0.05) is 17.3 Å². The van der Waals surface area contributed by atoms with Gasteiger partial charge in [0.05, 0.1) is 0 Å². The molecule has 84 valence electrons. The smallest absolute Gasteiger partial charge is 0.315 e. The van der Waals surface area contributed by atoms with Crippen LogP contribution in [0.5, 0.6) is 0 Å². The van der Waals surface area contributed by atoms with E-state index in [1.807, 2.05) is 0 Å². The highest BCUT2D eigenvalue weighted by molar-refractivity contribution is 9.10. The van der Waals surface area contributed by atoms with Gasteiger partial charge in [-0.05, 0) is 23.8 Å². The molecule has 1 aliphatic rings. The van der Waals surface area contributed by atoms with E-state index >= 15 is 0 Å². The number of carbonyl (C=O) groups is 2. The van der Waals surface area contributed by atoms with Crippen molar-refractivity contribution in [3.05, 3.63) is 34.1 Å². The van der Waals surface area contributed by atoms with Crippen LogP contribution >= 0.6 is 15.9 Å². The van der Waals surface area contributed by atoms with Crippen molar-refractivity contribution < 1.29 is 19.1 Å². The zero-order valence-electron chi connectivity index (χ0n) is 8.17. The van der Waals surface area contributed by atoms with Crippen molar-refractivity contribution in [1.29, 1.82) is 0 Å². The Bertz CT molecular complexity index is 456. The van der Waals surface area contributed by atoms with Crippen molar-refractivity contribution in [2.75, 3.05) is 0 Å². The quantitative estimate of drug-likeness (QED) is 0.907. The van der Waals surface area contributed by atoms with Gasteiger partial charge in [-0.25, -0.2) is 4.39 Å². The third kappa shape index (κ3) is 1.65. The lowest BCUT2D eigenvalue weighted by Crippen LogP contribution is -2.48. The second-order valence-electron chi connectivity index (χ2n) is 3.94. The highest BCUT2D eigenvalue weighted by Crippen LogP contribution is 2.42. The average molecular weight is 287 g/mol. The van der Waals surface area contributed by atoms with Crippen LogP contribution in [0.25, 0.3) is 0 Å². The van der Waals surface area contributed by atoms with E-state index in [2.05, 4.69) is 15.9 Å². The predicted octanol–water partition coefficient (Wildman–Crippen LogP) is 2.27. The molecule has 2 rings (SSSR count). The molecule has 1 aromatic carbocycles. The molecule has 1 aromatic rings. The van der Waals surface area contributed by atoms with Crippen molar-refractivity contribution in [3.63, 3.8) is 0 Å². The van der Waals surface area contributed by atoms with Crippen LogP contribution in [0, 0.1) is 5.82 Å². The maximum Gasteiger partial charge on any atom is 0.315 e. The first kappa shape index (κ1) is 11.3. The number of carboxylic acid groups (broad SMARTS) is 1. The molecular formula is C11H8BrFO3. The molecule has 1 aliphatic carbocycles. The molecule has 0 aliphatic heterocycles. The summed E-state index contributed by atoms with van der Waals surface area (Å²) >= 11 is 3.11. The van der Waals surface area contributed by atoms with Gasteiger partial charge in [-0.1, -0.05) is 15.9 Å². The van der Waals surface area contributed by atoms with Gasteiger partial charge in [-0.2, -0.15) is 0 Å². The average Bonchev–Trinajstić information content (AvgIpc) is 2.10. The van der Waals surface area contributed by atoms with Gasteiger partial charge in [-0.15, -0.1) is 0 Å². The highest BCUT2D eigenvalue weighted by Gasteiger charge is 2.51.